The van der Waals surface area contributed by atoms with E-state index in [0.717, 1.165) is 55.8 Å². The molecule has 62 heavy (non-hydrogen) atoms. The summed E-state index contributed by atoms with van der Waals surface area (Å²) in [4.78, 5) is 4.80. The number of anilines is 6. The van der Waals surface area contributed by atoms with Crippen LogP contribution in [0, 0.1) is 0 Å². The van der Waals surface area contributed by atoms with E-state index in [-0.39, 0.29) is 0 Å². The molecule has 0 amide bonds. The first-order chi connectivity index (χ1) is 30.8. The summed E-state index contributed by atoms with van der Waals surface area (Å²) in [5, 5.41) is 10.1. The molecule has 0 N–H and O–H groups in total. The van der Waals surface area contributed by atoms with E-state index in [1.165, 1.54) is 42.9 Å². The van der Waals surface area contributed by atoms with Crippen LogP contribution < -0.4 is 30.5 Å². The molecular formula is C58H40N2OSi. The van der Waals surface area contributed by atoms with Crippen LogP contribution in [0.25, 0.3) is 43.8 Å². The second-order valence-corrected chi connectivity index (χ2v) is 19.8. The molecule has 0 saturated heterocycles. The van der Waals surface area contributed by atoms with Crippen molar-refractivity contribution in [1.82, 2.24) is 0 Å². The lowest BCUT2D eigenvalue weighted by molar-refractivity contribution is 0.669. The lowest BCUT2D eigenvalue weighted by Gasteiger charge is -2.45. The maximum absolute atomic E-state index is 6.83. The molecule has 3 nitrogen and oxygen atoms in total. The van der Waals surface area contributed by atoms with Gasteiger partial charge in [-0.3, -0.25) is 0 Å². The molecule has 12 rings (SSSR count). The summed E-state index contributed by atoms with van der Waals surface area (Å²) in [6.07, 6.45) is 0. The van der Waals surface area contributed by atoms with Crippen molar-refractivity contribution in [2.45, 2.75) is 0 Å². The molecule has 0 radical (unpaired) electrons. The van der Waals surface area contributed by atoms with Crippen molar-refractivity contribution < 1.29 is 4.42 Å². The van der Waals surface area contributed by atoms with Gasteiger partial charge in [-0.25, -0.2) is 0 Å². The minimum absolute atomic E-state index is 0.856. The average Bonchev–Trinajstić information content (AvgIpc) is 3.72. The van der Waals surface area contributed by atoms with E-state index in [2.05, 4.69) is 252 Å². The van der Waals surface area contributed by atoms with Gasteiger partial charge in [-0.05, 0) is 104 Å². The van der Waals surface area contributed by atoms with Gasteiger partial charge in [0.1, 0.15) is 11.2 Å². The summed E-state index contributed by atoms with van der Waals surface area (Å²) in [7, 11) is -2.78. The van der Waals surface area contributed by atoms with E-state index in [9.17, 15) is 0 Å². The van der Waals surface area contributed by atoms with Crippen LogP contribution in [0.15, 0.2) is 247 Å². The van der Waals surface area contributed by atoms with Gasteiger partial charge in [-0.15, -0.1) is 0 Å². The van der Waals surface area contributed by atoms with Crippen LogP contribution in [0.3, 0.4) is 0 Å². The van der Waals surface area contributed by atoms with Crippen molar-refractivity contribution in [2.75, 3.05) is 9.80 Å². The highest BCUT2D eigenvalue weighted by Crippen LogP contribution is 2.43. The normalized spacial score (nSPS) is 12.9. The summed E-state index contributed by atoms with van der Waals surface area (Å²) in [6, 6.07) is 88.5. The summed E-state index contributed by atoms with van der Waals surface area (Å²) in [5.41, 5.74) is 10.8. The van der Waals surface area contributed by atoms with Crippen LogP contribution in [0.4, 0.5) is 34.1 Å². The van der Waals surface area contributed by atoms with Crippen LogP contribution in [0.5, 0.6) is 0 Å². The van der Waals surface area contributed by atoms with Crippen molar-refractivity contribution in [3.8, 4) is 11.1 Å². The summed E-state index contributed by atoms with van der Waals surface area (Å²) >= 11 is 0. The molecule has 2 heterocycles. The van der Waals surface area contributed by atoms with Crippen LogP contribution in [-0.2, 0) is 0 Å². The lowest BCUT2D eigenvalue weighted by Crippen LogP contribution is -2.77. The van der Waals surface area contributed by atoms with Crippen LogP contribution in [-0.4, -0.2) is 8.07 Å². The Kier molecular flexibility index (Phi) is 8.51. The Bertz CT molecular complexity index is 3380. The monoisotopic (exact) mass is 808 g/mol. The SMILES string of the molecule is c1ccc(N2c3ccccc3[Si](c3ccccc3)(c3ccccc3)c3ccc(-c4ccc5c(c4)oc4cc(N(c6ccccc6)c6cccc7ccccc67)ccc45)cc32)cc1. The van der Waals surface area contributed by atoms with Crippen LogP contribution >= 0.6 is 0 Å². The minimum atomic E-state index is -2.78. The quantitative estimate of drug-likeness (QED) is 0.150. The summed E-state index contributed by atoms with van der Waals surface area (Å²) in [5.74, 6) is 0. The second kappa shape index (κ2) is 14.7. The number of benzene rings is 10. The summed E-state index contributed by atoms with van der Waals surface area (Å²) in [6.45, 7) is 0. The Morgan fingerprint density at radius 2 is 0.935 bits per heavy atom. The molecule has 1 aromatic heterocycles. The third-order valence-corrected chi connectivity index (χ3v) is 17.6. The fourth-order valence-corrected chi connectivity index (χ4v) is 15.1. The van der Waals surface area contributed by atoms with Gasteiger partial charge >= 0.3 is 0 Å². The van der Waals surface area contributed by atoms with Gasteiger partial charge in [0.2, 0.25) is 0 Å². The first-order valence-corrected chi connectivity index (χ1v) is 23.3. The molecule has 0 saturated carbocycles. The number of nitrogens with zero attached hydrogens (tertiary/aromatic N) is 2. The summed E-state index contributed by atoms with van der Waals surface area (Å²) < 4.78 is 6.83. The number of para-hydroxylation sites is 3. The smallest absolute Gasteiger partial charge is 0.184 e. The number of fused-ring (bicyclic) bond motifs is 6. The number of hydrogen-bond donors (Lipinski definition) is 0. The standard InChI is InChI=1S/C58H40N2OSi/c1-5-20-44(21-6-1)59(52-30-17-19-41-18-13-14-28-49(41)52)46-34-36-51-50-35-32-43(39-55(50)61-56(51)40-46)42-33-37-58-54(38-42)60(45-22-7-2-8-23-45)53-29-15-16-31-57(53)62(58,47-24-9-3-10-25-47)48-26-11-4-12-27-48/h1-40H. The molecule has 1 aliphatic rings. The third-order valence-electron chi connectivity index (χ3n) is 12.7. The van der Waals surface area contributed by atoms with Crippen LogP contribution in [0.1, 0.15) is 0 Å². The molecule has 4 heteroatoms. The highest BCUT2D eigenvalue weighted by molar-refractivity contribution is 7.21. The van der Waals surface area contributed by atoms with Gasteiger partial charge < -0.3 is 14.2 Å². The van der Waals surface area contributed by atoms with Crippen LogP contribution in [0.2, 0.25) is 0 Å². The highest BCUT2D eigenvalue weighted by atomic mass is 28.3. The zero-order chi connectivity index (χ0) is 41.0. The Morgan fingerprint density at radius 3 is 1.69 bits per heavy atom. The predicted molar refractivity (Wildman–Crippen MR) is 263 cm³/mol. The molecular weight excluding hydrogens is 769 g/mol. The first kappa shape index (κ1) is 36.0. The molecule has 292 valence electrons. The fourth-order valence-electron chi connectivity index (χ4n) is 9.99. The predicted octanol–water partition coefficient (Wildman–Crippen LogP) is 13.0. The molecule has 0 unspecified atom stereocenters. The van der Waals surface area contributed by atoms with Crippen molar-refractivity contribution in [3.05, 3.63) is 243 Å². The Labute approximate surface area is 362 Å². The van der Waals surface area contributed by atoms with Crippen molar-refractivity contribution in [2.24, 2.45) is 0 Å². The van der Waals surface area contributed by atoms with Gasteiger partial charge in [0, 0.05) is 50.7 Å². The largest absolute Gasteiger partial charge is 0.456 e. The molecule has 10 aromatic carbocycles. The second-order valence-electron chi connectivity index (χ2n) is 16.1. The number of rotatable bonds is 7. The van der Waals surface area contributed by atoms with Gasteiger partial charge in [-0.1, -0.05) is 170 Å². The topological polar surface area (TPSA) is 19.6 Å². The fraction of sp³-hybridized carbons (Fsp3) is 0. The molecule has 0 aliphatic carbocycles. The Morgan fingerprint density at radius 1 is 0.371 bits per heavy atom. The minimum Gasteiger partial charge on any atom is -0.456 e. The van der Waals surface area contributed by atoms with E-state index >= 15 is 0 Å². The molecule has 0 spiro atoms. The molecule has 11 aromatic rings. The van der Waals surface area contributed by atoms with E-state index < -0.39 is 8.07 Å². The number of furan rings is 1. The Balaban J connectivity index is 1.03. The molecule has 1 aliphatic heterocycles. The zero-order valence-electron chi connectivity index (χ0n) is 33.9. The van der Waals surface area contributed by atoms with Crippen molar-refractivity contribution in [1.29, 1.82) is 0 Å². The highest BCUT2D eigenvalue weighted by Gasteiger charge is 2.48. The van der Waals surface area contributed by atoms with Gasteiger partial charge in [0.05, 0.1) is 5.69 Å². The van der Waals surface area contributed by atoms with E-state index in [1.54, 1.807) is 0 Å². The van der Waals surface area contributed by atoms with E-state index in [4.69, 9.17) is 4.42 Å². The number of hydrogen-bond acceptors (Lipinski definition) is 3. The Hall–Kier alpha value is -7.92. The zero-order valence-corrected chi connectivity index (χ0v) is 34.9. The molecule has 0 atom stereocenters. The third kappa shape index (κ3) is 5.65. The maximum atomic E-state index is 6.83. The van der Waals surface area contributed by atoms with Gasteiger partial charge in [-0.2, -0.15) is 0 Å². The van der Waals surface area contributed by atoms with Gasteiger partial charge in [0.25, 0.3) is 0 Å². The van der Waals surface area contributed by atoms with E-state index in [0.29, 0.717) is 0 Å². The molecule has 0 bridgehead atoms. The van der Waals surface area contributed by atoms with Crippen molar-refractivity contribution in [3.63, 3.8) is 0 Å². The maximum Gasteiger partial charge on any atom is 0.184 e. The lowest BCUT2D eigenvalue weighted by atomic mass is 10.0. The van der Waals surface area contributed by atoms with Gasteiger partial charge in [0.15, 0.2) is 8.07 Å². The first-order valence-electron chi connectivity index (χ1n) is 21.3. The van der Waals surface area contributed by atoms with Crippen molar-refractivity contribution >= 4 is 95.7 Å². The molecule has 0 fully saturated rings. The van der Waals surface area contributed by atoms with E-state index in [1.807, 2.05) is 0 Å². The average molecular weight is 809 g/mol.